The van der Waals surface area contributed by atoms with Gasteiger partial charge in [0.2, 0.25) is 0 Å². The molecule has 0 saturated carbocycles. The number of ether oxygens (including phenoxy) is 1. The van der Waals surface area contributed by atoms with Crippen molar-refractivity contribution in [3.8, 4) is 5.75 Å². The summed E-state index contributed by atoms with van der Waals surface area (Å²) in [6.45, 7) is 0.468. The van der Waals surface area contributed by atoms with Crippen molar-refractivity contribution in [1.29, 1.82) is 0 Å². The van der Waals surface area contributed by atoms with Gasteiger partial charge in [0, 0.05) is 5.02 Å². The molecule has 0 aliphatic carbocycles. The number of rotatable bonds is 4. The minimum Gasteiger partial charge on any atom is -0.489 e. The molecule has 0 spiro atoms. The van der Waals surface area contributed by atoms with Gasteiger partial charge >= 0.3 is 7.12 Å². The summed E-state index contributed by atoms with van der Waals surface area (Å²) in [4.78, 5) is 0. The van der Waals surface area contributed by atoms with Gasteiger partial charge in [0.25, 0.3) is 0 Å². The fourth-order valence-corrected chi connectivity index (χ4v) is 2.37. The van der Waals surface area contributed by atoms with E-state index >= 15 is 0 Å². The third-order valence-corrected chi connectivity index (χ3v) is 3.70. The lowest BCUT2D eigenvalue weighted by molar-refractivity contribution is 0.306. The van der Waals surface area contributed by atoms with Crippen LogP contribution in [0.15, 0.2) is 60.7 Å². The van der Waals surface area contributed by atoms with Crippen LogP contribution in [0.1, 0.15) is 5.56 Å². The molecule has 0 fully saturated rings. The minimum absolute atomic E-state index is 0.468. The molecule has 0 unspecified atom stereocenters. The molecule has 0 saturated heterocycles. The van der Waals surface area contributed by atoms with Crippen LogP contribution in [0.4, 0.5) is 0 Å². The molecule has 0 bridgehead atoms. The highest BCUT2D eigenvalue weighted by Crippen LogP contribution is 2.21. The summed E-state index contributed by atoms with van der Waals surface area (Å²) in [5, 5.41) is 21.0. The monoisotopic (exact) mass is 312 g/mol. The van der Waals surface area contributed by atoms with Gasteiger partial charge in [0.15, 0.2) is 0 Å². The highest BCUT2D eigenvalue weighted by molar-refractivity contribution is 6.58. The summed E-state index contributed by atoms with van der Waals surface area (Å²) in [6.07, 6.45) is 0. The standard InChI is InChI=1S/C17H14BClO3/c19-16-6-1-12(2-7-16)11-22-17-8-4-13-9-15(18(20)21)5-3-14(13)10-17/h1-10,20-21H,11H2. The molecule has 3 nitrogen and oxygen atoms in total. The van der Waals surface area contributed by atoms with E-state index in [4.69, 9.17) is 16.3 Å². The first-order chi connectivity index (χ1) is 10.6. The van der Waals surface area contributed by atoms with Crippen molar-refractivity contribution in [2.45, 2.75) is 6.61 Å². The van der Waals surface area contributed by atoms with Gasteiger partial charge in [-0.05, 0) is 46.1 Å². The highest BCUT2D eigenvalue weighted by atomic mass is 35.5. The Labute approximate surface area is 133 Å². The van der Waals surface area contributed by atoms with E-state index in [-0.39, 0.29) is 0 Å². The van der Waals surface area contributed by atoms with Crippen molar-refractivity contribution < 1.29 is 14.8 Å². The first-order valence-electron chi connectivity index (χ1n) is 6.89. The van der Waals surface area contributed by atoms with Gasteiger partial charge in [-0.15, -0.1) is 0 Å². The number of benzene rings is 3. The second-order valence-corrected chi connectivity index (χ2v) is 5.49. The first kappa shape index (κ1) is 14.9. The van der Waals surface area contributed by atoms with Crippen molar-refractivity contribution in [3.63, 3.8) is 0 Å². The molecule has 5 heteroatoms. The Balaban J connectivity index is 1.77. The average Bonchev–Trinajstić information content (AvgIpc) is 2.53. The summed E-state index contributed by atoms with van der Waals surface area (Å²) in [5.41, 5.74) is 1.52. The molecule has 0 radical (unpaired) electrons. The molecule has 3 rings (SSSR count). The average molecular weight is 313 g/mol. The molecule has 0 aliphatic heterocycles. The van der Waals surface area contributed by atoms with Crippen molar-refractivity contribution in [2.24, 2.45) is 0 Å². The third-order valence-electron chi connectivity index (χ3n) is 3.45. The summed E-state index contributed by atoms with van der Waals surface area (Å²) in [5.74, 6) is 0.764. The SMILES string of the molecule is OB(O)c1ccc2cc(OCc3ccc(Cl)cc3)ccc2c1. The van der Waals surface area contributed by atoms with Crippen LogP contribution in [-0.2, 0) is 6.61 Å². The lowest BCUT2D eigenvalue weighted by Gasteiger charge is -2.08. The van der Waals surface area contributed by atoms with Crippen LogP contribution in [0, 0.1) is 0 Å². The first-order valence-corrected chi connectivity index (χ1v) is 7.27. The Morgan fingerprint density at radius 3 is 2.27 bits per heavy atom. The Morgan fingerprint density at radius 2 is 1.55 bits per heavy atom. The fourth-order valence-electron chi connectivity index (χ4n) is 2.24. The van der Waals surface area contributed by atoms with Crippen LogP contribution in [-0.4, -0.2) is 17.2 Å². The van der Waals surface area contributed by atoms with Crippen LogP contribution in [0.25, 0.3) is 10.8 Å². The van der Waals surface area contributed by atoms with Gasteiger partial charge < -0.3 is 14.8 Å². The molecule has 22 heavy (non-hydrogen) atoms. The maximum absolute atomic E-state index is 9.19. The normalized spacial score (nSPS) is 10.7. The minimum atomic E-state index is -1.45. The second-order valence-electron chi connectivity index (χ2n) is 5.06. The van der Waals surface area contributed by atoms with E-state index < -0.39 is 7.12 Å². The van der Waals surface area contributed by atoms with Gasteiger partial charge in [0.1, 0.15) is 12.4 Å². The fraction of sp³-hybridized carbons (Fsp3) is 0.0588. The Hall–Kier alpha value is -2.01. The van der Waals surface area contributed by atoms with Gasteiger partial charge in [-0.3, -0.25) is 0 Å². The molecule has 0 atom stereocenters. The van der Waals surface area contributed by atoms with Crippen molar-refractivity contribution >= 4 is 35.0 Å². The number of hydrogen-bond acceptors (Lipinski definition) is 3. The summed E-state index contributed by atoms with van der Waals surface area (Å²) in [7, 11) is -1.45. The summed E-state index contributed by atoms with van der Waals surface area (Å²) in [6, 6.07) is 18.5. The highest BCUT2D eigenvalue weighted by Gasteiger charge is 2.10. The molecule has 110 valence electrons. The number of fused-ring (bicyclic) bond motifs is 1. The maximum Gasteiger partial charge on any atom is 0.488 e. The van der Waals surface area contributed by atoms with Crippen LogP contribution in [0.5, 0.6) is 5.75 Å². The second kappa shape index (κ2) is 6.40. The van der Waals surface area contributed by atoms with E-state index in [0.717, 1.165) is 22.1 Å². The zero-order chi connectivity index (χ0) is 15.5. The van der Waals surface area contributed by atoms with Crippen molar-refractivity contribution in [2.75, 3.05) is 0 Å². The Kier molecular flexibility index (Phi) is 4.34. The van der Waals surface area contributed by atoms with E-state index in [1.807, 2.05) is 48.5 Å². The number of hydrogen-bond donors (Lipinski definition) is 2. The molecule has 2 N–H and O–H groups in total. The molecular formula is C17H14BClO3. The van der Waals surface area contributed by atoms with Gasteiger partial charge in [-0.2, -0.15) is 0 Å². The van der Waals surface area contributed by atoms with E-state index in [2.05, 4.69) is 0 Å². The quantitative estimate of drug-likeness (QED) is 0.728. The topological polar surface area (TPSA) is 49.7 Å². The third kappa shape index (κ3) is 3.42. The van der Waals surface area contributed by atoms with Crippen LogP contribution in [0.3, 0.4) is 0 Å². The van der Waals surface area contributed by atoms with Crippen molar-refractivity contribution in [1.82, 2.24) is 0 Å². The predicted molar refractivity (Wildman–Crippen MR) is 89.6 cm³/mol. The van der Waals surface area contributed by atoms with Gasteiger partial charge in [0.05, 0.1) is 0 Å². The molecule has 0 aliphatic rings. The Morgan fingerprint density at radius 1 is 0.864 bits per heavy atom. The van der Waals surface area contributed by atoms with E-state index in [1.54, 1.807) is 12.1 Å². The summed E-state index contributed by atoms with van der Waals surface area (Å²) >= 11 is 5.85. The Bertz CT molecular complexity index is 788. The lowest BCUT2D eigenvalue weighted by Crippen LogP contribution is -2.29. The molecular weight excluding hydrogens is 298 g/mol. The van der Waals surface area contributed by atoms with Crippen LogP contribution < -0.4 is 10.2 Å². The molecule has 0 aromatic heterocycles. The van der Waals surface area contributed by atoms with Gasteiger partial charge in [-0.25, -0.2) is 0 Å². The van der Waals surface area contributed by atoms with E-state index in [0.29, 0.717) is 17.1 Å². The summed E-state index contributed by atoms with van der Waals surface area (Å²) < 4.78 is 5.78. The van der Waals surface area contributed by atoms with E-state index in [1.165, 1.54) is 0 Å². The van der Waals surface area contributed by atoms with E-state index in [9.17, 15) is 10.0 Å². The van der Waals surface area contributed by atoms with Crippen molar-refractivity contribution in [3.05, 3.63) is 71.2 Å². The molecule has 3 aromatic rings. The molecule has 0 heterocycles. The van der Waals surface area contributed by atoms with Crippen LogP contribution >= 0.6 is 11.6 Å². The predicted octanol–water partition coefficient (Wildman–Crippen LogP) is 2.75. The smallest absolute Gasteiger partial charge is 0.488 e. The largest absolute Gasteiger partial charge is 0.489 e. The van der Waals surface area contributed by atoms with Gasteiger partial charge in [-0.1, -0.05) is 48.0 Å². The maximum atomic E-state index is 9.19. The van der Waals surface area contributed by atoms with Crippen LogP contribution in [0.2, 0.25) is 5.02 Å². The molecule has 3 aromatic carbocycles. The zero-order valence-corrected chi connectivity index (χ0v) is 12.5. The zero-order valence-electron chi connectivity index (χ0n) is 11.7. The lowest BCUT2D eigenvalue weighted by atomic mass is 9.79. The molecule has 0 amide bonds. The number of halogens is 1.